The van der Waals surface area contributed by atoms with Crippen molar-refractivity contribution in [1.29, 1.82) is 0 Å². The molecule has 0 rings (SSSR count). The highest BCUT2D eigenvalue weighted by Gasteiger charge is 2.12. The average molecular weight is 451 g/mol. The molecular formula is C22H50N4O5. The molecule has 0 aliphatic heterocycles. The highest BCUT2D eigenvalue weighted by molar-refractivity contribution is 5.73. The number of urea groups is 1. The van der Waals surface area contributed by atoms with Crippen LogP contribution in [0, 0.1) is 11.8 Å². The summed E-state index contributed by atoms with van der Waals surface area (Å²) in [6, 6.07) is -0.262. The maximum atomic E-state index is 11.3. The van der Waals surface area contributed by atoms with Crippen LogP contribution in [0.5, 0.6) is 0 Å². The molecule has 0 saturated carbocycles. The molecule has 6 N–H and O–H groups in total. The Morgan fingerprint density at radius 2 is 1.55 bits per heavy atom. The summed E-state index contributed by atoms with van der Waals surface area (Å²) in [5.74, 6) is 1.43. The van der Waals surface area contributed by atoms with E-state index in [1.807, 2.05) is 6.92 Å². The molecule has 0 aliphatic carbocycles. The molecule has 0 radical (unpaired) electrons. The van der Waals surface area contributed by atoms with Gasteiger partial charge in [-0.15, -0.1) is 0 Å². The zero-order valence-corrected chi connectivity index (χ0v) is 21.4. The first-order chi connectivity index (χ1) is 14.2. The quantitative estimate of drug-likeness (QED) is 0.376. The van der Waals surface area contributed by atoms with Gasteiger partial charge in [0.15, 0.2) is 0 Å². The van der Waals surface area contributed by atoms with Crippen molar-refractivity contribution in [3.05, 3.63) is 0 Å². The number of carbonyl (C=O) groups excluding carboxylic acids is 2. The Hall–Kier alpha value is -1.58. The van der Waals surface area contributed by atoms with Gasteiger partial charge in [0, 0.05) is 20.2 Å². The van der Waals surface area contributed by atoms with E-state index in [1.165, 1.54) is 11.9 Å². The fourth-order valence-corrected chi connectivity index (χ4v) is 1.80. The second-order valence-corrected chi connectivity index (χ2v) is 9.23. The lowest BCUT2D eigenvalue weighted by Crippen LogP contribution is -2.38. The number of nitrogens with two attached hydrogens (primary N) is 2. The van der Waals surface area contributed by atoms with Crippen LogP contribution in [0.3, 0.4) is 0 Å². The third kappa shape index (κ3) is 33.3. The summed E-state index contributed by atoms with van der Waals surface area (Å²) in [5, 5.41) is 11.4. The third-order valence-corrected chi connectivity index (χ3v) is 3.63. The zero-order valence-electron chi connectivity index (χ0n) is 21.4. The normalized spacial score (nSPS) is 11.6. The molecule has 9 heteroatoms. The smallest absolute Gasteiger partial charge is 0.405 e. The van der Waals surface area contributed by atoms with Crippen molar-refractivity contribution < 1.29 is 24.2 Å². The van der Waals surface area contributed by atoms with E-state index in [1.54, 1.807) is 20.8 Å². The number of carbonyl (C=O) groups is 2. The molecule has 0 fully saturated rings. The van der Waals surface area contributed by atoms with Crippen molar-refractivity contribution in [3.8, 4) is 0 Å². The Kier molecular flexibility index (Phi) is 22.3. The number of rotatable bonds is 10. The topological polar surface area (TPSA) is 140 Å². The van der Waals surface area contributed by atoms with Gasteiger partial charge in [0.25, 0.3) is 0 Å². The SMILES string of the molecule is CC(C)(C)OC(N)=O.CC(C)CCN.CC(C)CCOC(C)CCNC(=O)N(C)CO. The van der Waals surface area contributed by atoms with Gasteiger partial charge in [-0.3, -0.25) is 0 Å². The summed E-state index contributed by atoms with van der Waals surface area (Å²) in [4.78, 5) is 22.5. The molecule has 0 spiro atoms. The van der Waals surface area contributed by atoms with Crippen molar-refractivity contribution in [3.63, 3.8) is 0 Å². The number of hydrogen-bond acceptors (Lipinski definition) is 6. The minimum Gasteiger partial charge on any atom is -0.444 e. The molecule has 31 heavy (non-hydrogen) atoms. The number of amides is 3. The maximum Gasteiger partial charge on any atom is 0.405 e. The first kappa shape index (κ1) is 34.0. The molecular weight excluding hydrogens is 400 g/mol. The summed E-state index contributed by atoms with van der Waals surface area (Å²) in [6.07, 6.45) is 2.42. The van der Waals surface area contributed by atoms with E-state index in [2.05, 4.69) is 37.7 Å². The molecule has 0 bridgehead atoms. The maximum absolute atomic E-state index is 11.3. The van der Waals surface area contributed by atoms with Gasteiger partial charge in [0.05, 0.1) is 6.10 Å². The molecule has 1 unspecified atom stereocenters. The van der Waals surface area contributed by atoms with E-state index in [9.17, 15) is 9.59 Å². The van der Waals surface area contributed by atoms with E-state index >= 15 is 0 Å². The van der Waals surface area contributed by atoms with Gasteiger partial charge >= 0.3 is 12.1 Å². The fourth-order valence-electron chi connectivity index (χ4n) is 1.80. The van der Waals surface area contributed by atoms with E-state index in [4.69, 9.17) is 21.3 Å². The fraction of sp³-hybridized carbons (Fsp3) is 0.909. The van der Waals surface area contributed by atoms with Crippen LogP contribution in [0.4, 0.5) is 9.59 Å². The van der Waals surface area contributed by atoms with Crippen LogP contribution < -0.4 is 16.8 Å². The standard InChI is InChI=1S/C12H26N2O3.C5H11NO2.C5H13N/c1-10(2)6-8-17-11(3)5-7-13-12(16)14(4)9-15;1-5(2,3)8-4(6)7;1-5(2)3-4-6/h10-11,15H,5-9H2,1-4H3,(H,13,16);1-3H3,(H2,6,7);5H,3-4,6H2,1-2H3. The minimum absolute atomic E-state index is 0.147. The molecule has 3 amide bonds. The number of nitrogens with one attached hydrogen (secondary N) is 1. The highest BCUT2D eigenvalue weighted by atomic mass is 16.6. The average Bonchev–Trinajstić information content (AvgIpc) is 2.59. The molecule has 0 aliphatic rings. The molecule has 0 aromatic carbocycles. The summed E-state index contributed by atoms with van der Waals surface area (Å²) >= 11 is 0. The first-order valence-corrected chi connectivity index (χ1v) is 11.1. The molecule has 188 valence electrons. The lowest BCUT2D eigenvalue weighted by Gasteiger charge is -2.17. The van der Waals surface area contributed by atoms with Crippen LogP contribution in [-0.4, -0.2) is 67.3 Å². The van der Waals surface area contributed by atoms with Gasteiger partial charge in [-0.1, -0.05) is 27.7 Å². The second-order valence-electron chi connectivity index (χ2n) is 9.23. The molecule has 0 aromatic rings. The van der Waals surface area contributed by atoms with Crippen molar-refractivity contribution in [2.75, 3.05) is 33.5 Å². The van der Waals surface area contributed by atoms with Crippen molar-refractivity contribution in [1.82, 2.24) is 10.2 Å². The summed E-state index contributed by atoms with van der Waals surface area (Å²) in [5.41, 5.74) is 9.49. The van der Waals surface area contributed by atoms with Crippen LogP contribution >= 0.6 is 0 Å². The minimum atomic E-state index is -0.725. The largest absolute Gasteiger partial charge is 0.444 e. The Bertz CT molecular complexity index is 440. The lowest BCUT2D eigenvalue weighted by atomic mass is 10.1. The summed E-state index contributed by atoms with van der Waals surface area (Å²) < 4.78 is 10.2. The summed E-state index contributed by atoms with van der Waals surface area (Å²) in [6.45, 7) is 17.9. The summed E-state index contributed by atoms with van der Waals surface area (Å²) in [7, 11) is 1.54. The van der Waals surface area contributed by atoms with E-state index in [-0.39, 0.29) is 18.9 Å². The van der Waals surface area contributed by atoms with Crippen LogP contribution in [-0.2, 0) is 9.47 Å². The lowest BCUT2D eigenvalue weighted by molar-refractivity contribution is 0.0534. The Labute approximate surface area is 190 Å². The van der Waals surface area contributed by atoms with Crippen LogP contribution in [0.25, 0.3) is 0 Å². The molecule has 0 saturated heterocycles. The predicted octanol–water partition coefficient (Wildman–Crippen LogP) is 3.29. The van der Waals surface area contributed by atoms with Gasteiger partial charge in [0.1, 0.15) is 12.3 Å². The van der Waals surface area contributed by atoms with Gasteiger partial charge in [0.2, 0.25) is 0 Å². The highest BCUT2D eigenvalue weighted by Crippen LogP contribution is 2.05. The number of ether oxygens (including phenoxy) is 2. The van der Waals surface area contributed by atoms with Gasteiger partial charge < -0.3 is 36.3 Å². The van der Waals surface area contributed by atoms with Gasteiger partial charge in [-0.2, -0.15) is 0 Å². The van der Waals surface area contributed by atoms with Gasteiger partial charge in [-0.05, 0) is 65.3 Å². The monoisotopic (exact) mass is 450 g/mol. The predicted molar refractivity (Wildman–Crippen MR) is 127 cm³/mol. The number of aliphatic hydroxyl groups is 1. The first-order valence-electron chi connectivity index (χ1n) is 11.1. The molecule has 0 aromatic heterocycles. The number of aliphatic hydroxyl groups excluding tert-OH is 1. The molecule has 9 nitrogen and oxygen atoms in total. The Morgan fingerprint density at radius 3 is 1.84 bits per heavy atom. The Morgan fingerprint density at radius 1 is 1.03 bits per heavy atom. The van der Waals surface area contributed by atoms with Crippen molar-refractivity contribution in [2.24, 2.45) is 23.3 Å². The zero-order chi connectivity index (χ0) is 25.0. The number of nitrogens with zero attached hydrogens (tertiary/aromatic N) is 1. The van der Waals surface area contributed by atoms with E-state index in [0.29, 0.717) is 12.5 Å². The van der Waals surface area contributed by atoms with Crippen molar-refractivity contribution in [2.45, 2.75) is 86.4 Å². The number of primary amides is 1. The van der Waals surface area contributed by atoms with Gasteiger partial charge in [-0.25, -0.2) is 9.59 Å². The third-order valence-electron chi connectivity index (χ3n) is 3.63. The molecule has 1 atom stereocenters. The van der Waals surface area contributed by atoms with Crippen molar-refractivity contribution >= 4 is 12.1 Å². The van der Waals surface area contributed by atoms with Crippen LogP contribution in [0.1, 0.15) is 74.7 Å². The van der Waals surface area contributed by atoms with Crippen LogP contribution in [0.2, 0.25) is 0 Å². The van der Waals surface area contributed by atoms with Crippen LogP contribution in [0.15, 0.2) is 0 Å². The second kappa shape index (κ2) is 20.3. The van der Waals surface area contributed by atoms with E-state index < -0.39 is 11.7 Å². The molecule has 0 heterocycles. The number of hydrogen-bond donors (Lipinski definition) is 4. The van der Waals surface area contributed by atoms with E-state index in [0.717, 1.165) is 38.3 Å². The Balaban J connectivity index is -0.000000461.